The monoisotopic (exact) mass is 184 g/mol. The fourth-order valence-corrected chi connectivity index (χ4v) is 1.68. The largest absolute Gasteiger partial charge is 0.394 e. The van der Waals surface area contributed by atoms with Crippen molar-refractivity contribution in [2.75, 3.05) is 19.8 Å². The van der Waals surface area contributed by atoms with Crippen molar-refractivity contribution in [3.05, 3.63) is 22.9 Å². The van der Waals surface area contributed by atoms with Crippen LogP contribution in [-0.4, -0.2) is 34.5 Å². The van der Waals surface area contributed by atoms with Crippen molar-refractivity contribution in [1.29, 1.82) is 0 Å². The number of aliphatic hydroxyl groups excluding tert-OH is 1. The van der Waals surface area contributed by atoms with Gasteiger partial charge in [0.05, 0.1) is 18.8 Å². The molecule has 2 rings (SSSR count). The zero-order chi connectivity index (χ0) is 9.31. The number of nitrogens with zero attached hydrogens (tertiary/aromatic N) is 1. The van der Waals surface area contributed by atoms with Gasteiger partial charge in [-0.2, -0.15) is 0 Å². The highest BCUT2D eigenvalue weighted by Crippen LogP contribution is 2.24. The summed E-state index contributed by atoms with van der Waals surface area (Å²) in [7, 11) is 0. The average molecular weight is 184 g/mol. The summed E-state index contributed by atoms with van der Waals surface area (Å²) in [6, 6.07) is 0. The molecule has 0 amide bonds. The molecule has 13 heavy (non-hydrogen) atoms. The molecule has 2 N–H and O–H groups in total. The summed E-state index contributed by atoms with van der Waals surface area (Å²) in [6.07, 6.45) is 3.90. The molecule has 1 aliphatic rings. The molecule has 0 bridgehead atoms. The van der Waals surface area contributed by atoms with Gasteiger partial charge in [-0.1, -0.05) is 0 Å². The van der Waals surface area contributed by atoms with Crippen LogP contribution >= 0.6 is 0 Å². The van der Waals surface area contributed by atoms with Crippen LogP contribution in [0.1, 0.15) is 6.42 Å². The van der Waals surface area contributed by atoms with Crippen LogP contribution in [-0.2, 0) is 10.3 Å². The zero-order valence-electron chi connectivity index (χ0n) is 7.19. The highest BCUT2D eigenvalue weighted by molar-refractivity contribution is 4.94. The van der Waals surface area contributed by atoms with Crippen molar-refractivity contribution < 1.29 is 9.84 Å². The summed E-state index contributed by atoms with van der Waals surface area (Å²) >= 11 is 0. The van der Waals surface area contributed by atoms with Gasteiger partial charge >= 0.3 is 5.69 Å². The maximum atomic E-state index is 11.3. The number of aromatic nitrogens is 2. The maximum absolute atomic E-state index is 11.3. The minimum Gasteiger partial charge on any atom is -0.394 e. The Morgan fingerprint density at radius 1 is 1.77 bits per heavy atom. The molecule has 0 radical (unpaired) electrons. The van der Waals surface area contributed by atoms with Gasteiger partial charge in [-0.3, -0.25) is 4.57 Å². The van der Waals surface area contributed by atoms with Gasteiger partial charge in [-0.15, -0.1) is 0 Å². The van der Waals surface area contributed by atoms with E-state index in [2.05, 4.69) is 4.98 Å². The number of aromatic amines is 1. The van der Waals surface area contributed by atoms with Crippen LogP contribution in [0.15, 0.2) is 17.2 Å². The Hall–Kier alpha value is -1.07. The van der Waals surface area contributed by atoms with Crippen LogP contribution in [0.5, 0.6) is 0 Å². The van der Waals surface area contributed by atoms with E-state index in [0.29, 0.717) is 19.6 Å². The van der Waals surface area contributed by atoms with Gasteiger partial charge in [0.15, 0.2) is 0 Å². The Morgan fingerprint density at radius 2 is 2.62 bits per heavy atom. The standard InChI is InChI=1S/C8H12N2O3/c11-5-8(1-4-13-6-8)10-3-2-9-7(10)12/h2-3,11H,1,4-6H2,(H,9,12). The number of aliphatic hydroxyl groups is 1. The van der Waals surface area contributed by atoms with Crippen molar-refractivity contribution in [2.45, 2.75) is 12.0 Å². The third kappa shape index (κ3) is 1.20. The quantitative estimate of drug-likeness (QED) is 0.637. The van der Waals surface area contributed by atoms with Gasteiger partial charge in [0.1, 0.15) is 0 Å². The highest BCUT2D eigenvalue weighted by atomic mass is 16.5. The predicted molar refractivity (Wildman–Crippen MR) is 45.5 cm³/mol. The molecule has 0 saturated carbocycles. The zero-order valence-corrected chi connectivity index (χ0v) is 7.19. The summed E-state index contributed by atoms with van der Waals surface area (Å²) in [5.74, 6) is 0. The summed E-state index contributed by atoms with van der Waals surface area (Å²) in [6.45, 7) is 0.935. The summed E-state index contributed by atoms with van der Waals surface area (Å²) in [4.78, 5) is 13.9. The number of hydrogen-bond acceptors (Lipinski definition) is 3. The van der Waals surface area contributed by atoms with E-state index < -0.39 is 5.54 Å². The molecule has 1 aliphatic heterocycles. The van der Waals surface area contributed by atoms with Gasteiger partial charge in [0, 0.05) is 19.0 Å². The van der Waals surface area contributed by atoms with E-state index in [4.69, 9.17) is 4.74 Å². The Balaban J connectivity index is 2.42. The first kappa shape index (κ1) is 8.52. The molecular weight excluding hydrogens is 172 g/mol. The van der Waals surface area contributed by atoms with Crippen LogP contribution < -0.4 is 5.69 Å². The second kappa shape index (κ2) is 3.01. The SMILES string of the molecule is O=c1[nH]ccn1C1(CO)CCOC1. The molecule has 1 aromatic rings. The molecule has 1 unspecified atom stereocenters. The third-order valence-corrected chi connectivity index (χ3v) is 2.54. The summed E-state index contributed by atoms with van der Waals surface area (Å²) < 4.78 is 6.71. The van der Waals surface area contributed by atoms with E-state index in [9.17, 15) is 9.90 Å². The topological polar surface area (TPSA) is 67.2 Å². The molecular formula is C8H12N2O3. The minimum absolute atomic E-state index is 0.0647. The van der Waals surface area contributed by atoms with Crippen LogP contribution in [0.4, 0.5) is 0 Å². The van der Waals surface area contributed by atoms with E-state index in [0.717, 1.165) is 0 Å². The first-order valence-corrected chi connectivity index (χ1v) is 4.24. The summed E-state index contributed by atoms with van der Waals surface area (Å²) in [5, 5.41) is 9.26. The van der Waals surface area contributed by atoms with E-state index >= 15 is 0 Å². The number of ether oxygens (including phenoxy) is 1. The maximum Gasteiger partial charge on any atom is 0.326 e. The third-order valence-electron chi connectivity index (χ3n) is 2.54. The van der Waals surface area contributed by atoms with Crippen molar-refractivity contribution in [1.82, 2.24) is 9.55 Å². The van der Waals surface area contributed by atoms with Crippen molar-refractivity contribution in [3.8, 4) is 0 Å². The first-order valence-electron chi connectivity index (χ1n) is 4.24. The number of H-pyrrole nitrogens is 1. The van der Waals surface area contributed by atoms with Gasteiger partial charge in [0.2, 0.25) is 0 Å². The molecule has 0 aromatic carbocycles. The smallest absolute Gasteiger partial charge is 0.326 e. The highest BCUT2D eigenvalue weighted by Gasteiger charge is 2.37. The Kier molecular flexibility index (Phi) is 1.97. The lowest BCUT2D eigenvalue weighted by molar-refractivity contribution is 0.0971. The van der Waals surface area contributed by atoms with Crippen LogP contribution in [0.25, 0.3) is 0 Å². The molecule has 0 spiro atoms. The summed E-state index contributed by atoms with van der Waals surface area (Å²) in [5.41, 5.74) is -0.739. The lowest BCUT2D eigenvalue weighted by Crippen LogP contribution is -2.43. The Morgan fingerprint density at radius 3 is 3.08 bits per heavy atom. The fraction of sp³-hybridized carbons (Fsp3) is 0.625. The van der Waals surface area contributed by atoms with Crippen LogP contribution in [0.2, 0.25) is 0 Å². The number of rotatable bonds is 2. The predicted octanol–water partition coefficient (Wildman–Crippen LogP) is -0.716. The van der Waals surface area contributed by atoms with Crippen LogP contribution in [0.3, 0.4) is 0 Å². The Bertz CT molecular complexity index is 335. The Labute approximate surface area is 75.0 Å². The van der Waals surface area contributed by atoms with E-state index in [1.165, 1.54) is 4.57 Å². The molecule has 1 fully saturated rings. The number of nitrogens with one attached hydrogen (secondary N) is 1. The molecule has 5 nitrogen and oxygen atoms in total. The van der Waals surface area contributed by atoms with Crippen molar-refractivity contribution in [2.24, 2.45) is 0 Å². The molecule has 1 saturated heterocycles. The first-order chi connectivity index (χ1) is 6.28. The molecule has 1 aromatic heterocycles. The second-order valence-electron chi connectivity index (χ2n) is 3.32. The van der Waals surface area contributed by atoms with Gasteiger partial charge in [0.25, 0.3) is 0 Å². The average Bonchev–Trinajstić information content (AvgIpc) is 2.73. The van der Waals surface area contributed by atoms with Gasteiger partial charge in [-0.25, -0.2) is 4.79 Å². The molecule has 5 heteroatoms. The second-order valence-corrected chi connectivity index (χ2v) is 3.32. The van der Waals surface area contributed by atoms with E-state index in [1.54, 1.807) is 12.4 Å². The number of hydrogen-bond donors (Lipinski definition) is 2. The van der Waals surface area contributed by atoms with Crippen molar-refractivity contribution >= 4 is 0 Å². The minimum atomic E-state index is -0.545. The van der Waals surface area contributed by atoms with Gasteiger partial charge in [-0.05, 0) is 6.42 Å². The van der Waals surface area contributed by atoms with Gasteiger partial charge < -0.3 is 14.8 Å². The lowest BCUT2D eigenvalue weighted by atomic mass is 10.0. The molecule has 0 aliphatic carbocycles. The lowest BCUT2D eigenvalue weighted by Gasteiger charge is -2.25. The normalized spacial score (nSPS) is 28.1. The number of imidazole rings is 1. The van der Waals surface area contributed by atoms with E-state index in [1.807, 2.05) is 0 Å². The van der Waals surface area contributed by atoms with Crippen molar-refractivity contribution in [3.63, 3.8) is 0 Å². The fourth-order valence-electron chi connectivity index (χ4n) is 1.68. The molecule has 72 valence electrons. The van der Waals surface area contributed by atoms with Crippen LogP contribution in [0, 0.1) is 0 Å². The molecule has 1 atom stereocenters. The molecule has 2 heterocycles. The van der Waals surface area contributed by atoms with E-state index in [-0.39, 0.29) is 12.3 Å².